The molecule has 0 aliphatic carbocycles. The van der Waals surface area contributed by atoms with Crippen molar-refractivity contribution in [1.82, 2.24) is 0 Å². The number of hydrogen-bond acceptors (Lipinski definition) is 4. The number of Topliss-reactive ketones (excluding diaryl/α,β-unsaturated/α-hetero) is 1. The minimum Gasteiger partial charge on any atom is -0.461 e. The van der Waals surface area contributed by atoms with E-state index in [0.717, 1.165) is 0 Å². The lowest BCUT2D eigenvalue weighted by molar-refractivity contribution is 0.103. The minimum absolute atomic E-state index is 0.0138. The van der Waals surface area contributed by atoms with E-state index >= 15 is 0 Å². The molecular weight excluding hydrogens is 146 g/mol. The van der Waals surface area contributed by atoms with Gasteiger partial charge in [0.25, 0.3) is 0 Å². The third-order valence-electron chi connectivity index (χ3n) is 1.22. The highest BCUT2D eigenvalue weighted by molar-refractivity contribution is 6.44. The van der Waals surface area contributed by atoms with Crippen molar-refractivity contribution in [2.75, 3.05) is 0 Å². The number of rotatable bonds is 2. The highest BCUT2D eigenvalue weighted by Gasteiger charge is 2.11. The standard InChI is InChI=1S/C7H7NO3/c1-5(8-10)7(9)6-3-2-4-11-6/h2-4,10H,1H3. The summed E-state index contributed by atoms with van der Waals surface area (Å²) in [7, 11) is 0. The molecule has 0 saturated heterocycles. The second-order valence-electron chi connectivity index (χ2n) is 1.99. The van der Waals surface area contributed by atoms with Gasteiger partial charge in [0.05, 0.1) is 6.26 Å². The van der Waals surface area contributed by atoms with Gasteiger partial charge in [0.1, 0.15) is 5.71 Å². The molecule has 0 radical (unpaired) electrons. The van der Waals surface area contributed by atoms with Crippen LogP contribution >= 0.6 is 0 Å². The molecule has 0 saturated carbocycles. The molecule has 0 aromatic carbocycles. The van der Waals surface area contributed by atoms with E-state index in [-0.39, 0.29) is 11.5 Å². The summed E-state index contributed by atoms with van der Waals surface area (Å²) >= 11 is 0. The van der Waals surface area contributed by atoms with Gasteiger partial charge < -0.3 is 9.62 Å². The molecule has 1 rings (SSSR count). The summed E-state index contributed by atoms with van der Waals surface area (Å²) in [6.07, 6.45) is 1.39. The van der Waals surface area contributed by atoms with Gasteiger partial charge in [-0.2, -0.15) is 0 Å². The van der Waals surface area contributed by atoms with E-state index in [1.807, 2.05) is 0 Å². The molecule has 0 aliphatic rings. The Morgan fingerprint density at radius 3 is 2.91 bits per heavy atom. The summed E-state index contributed by atoms with van der Waals surface area (Å²) in [6.45, 7) is 1.41. The van der Waals surface area contributed by atoms with Crippen LogP contribution in [-0.4, -0.2) is 16.7 Å². The Morgan fingerprint density at radius 1 is 1.73 bits per heavy atom. The average molecular weight is 153 g/mol. The number of hydrogen-bond donors (Lipinski definition) is 1. The van der Waals surface area contributed by atoms with Gasteiger partial charge in [-0.05, 0) is 19.1 Å². The average Bonchev–Trinajstić information content (AvgIpc) is 2.53. The quantitative estimate of drug-likeness (QED) is 0.301. The van der Waals surface area contributed by atoms with Gasteiger partial charge in [-0.15, -0.1) is 0 Å². The lowest BCUT2D eigenvalue weighted by atomic mass is 10.2. The predicted molar refractivity (Wildman–Crippen MR) is 37.9 cm³/mol. The van der Waals surface area contributed by atoms with E-state index < -0.39 is 5.78 Å². The van der Waals surface area contributed by atoms with Gasteiger partial charge in [-0.1, -0.05) is 5.16 Å². The summed E-state index contributed by atoms with van der Waals surface area (Å²) in [6, 6.07) is 3.11. The van der Waals surface area contributed by atoms with Crippen LogP contribution in [0.3, 0.4) is 0 Å². The van der Waals surface area contributed by atoms with E-state index in [4.69, 9.17) is 9.62 Å². The van der Waals surface area contributed by atoms with Crippen LogP contribution in [0.1, 0.15) is 17.5 Å². The maximum absolute atomic E-state index is 11.1. The van der Waals surface area contributed by atoms with Crippen molar-refractivity contribution in [2.24, 2.45) is 5.16 Å². The molecule has 0 amide bonds. The molecule has 0 bridgehead atoms. The van der Waals surface area contributed by atoms with Crippen LogP contribution in [0, 0.1) is 0 Å². The first-order chi connectivity index (χ1) is 5.25. The Kier molecular flexibility index (Phi) is 2.06. The summed E-state index contributed by atoms with van der Waals surface area (Å²) in [5.74, 6) is -0.224. The van der Waals surface area contributed by atoms with Crippen molar-refractivity contribution in [2.45, 2.75) is 6.92 Å². The first kappa shape index (κ1) is 7.53. The molecule has 58 valence electrons. The Bertz CT molecular complexity index is 274. The van der Waals surface area contributed by atoms with Gasteiger partial charge in [0.15, 0.2) is 5.76 Å². The van der Waals surface area contributed by atoms with Crippen molar-refractivity contribution < 1.29 is 14.4 Å². The Balaban J connectivity index is 2.87. The fourth-order valence-electron chi connectivity index (χ4n) is 0.631. The van der Waals surface area contributed by atoms with Crippen LogP contribution in [0.25, 0.3) is 0 Å². The first-order valence-corrected chi connectivity index (χ1v) is 3.02. The Morgan fingerprint density at radius 2 is 2.45 bits per heavy atom. The third kappa shape index (κ3) is 1.46. The number of nitrogens with zero attached hydrogens (tertiary/aromatic N) is 1. The Hall–Kier alpha value is -1.58. The second-order valence-corrected chi connectivity index (χ2v) is 1.99. The van der Waals surface area contributed by atoms with Crippen LogP contribution < -0.4 is 0 Å². The lowest BCUT2D eigenvalue weighted by Crippen LogP contribution is -2.08. The summed E-state index contributed by atoms with van der Waals surface area (Å²) in [4.78, 5) is 11.1. The maximum Gasteiger partial charge on any atom is 0.245 e. The van der Waals surface area contributed by atoms with Crippen LogP contribution in [0.2, 0.25) is 0 Å². The van der Waals surface area contributed by atoms with Crippen molar-refractivity contribution >= 4 is 11.5 Å². The van der Waals surface area contributed by atoms with Crippen LogP contribution in [0.4, 0.5) is 0 Å². The maximum atomic E-state index is 11.1. The molecule has 11 heavy (non-hydrogen) atoms. The van der Waals surface area contributed by atoms with E-state index in [0.29, 0.717) is 0 Å². The Labute approximate surface area is 63.1 Å². The van der Waals surface area contributed by atoms with E-state index in [9.17, 15) is 4.79 Å². The molecular formula is C7H7NO3. The van der Waals surface area contributed by atoms with Gasteiger partial charge >= 0.3 is 0 Å². The highest BCUT2D eigenvalue weighted by Crippen LogP contribution is 2.01. The van der Waals surface area contributed by atoms with Crippen molar-refractivity contribution in [3.8, 4) is 0 Å². The van der Waals surface area contributed by atoms with Gasteiger partial charge in [-0.25, -0.2) is 0 Å². The molecule has 0 aliphatic heterocycles. The van der Waals surface area contributed by atoms with Crippen LogP contribution in [0.15, 0.2) is 28.0 Å². The monoisotopic (exact) mass is 153 g/mol. The molecule has 1 aromatic rings. The van der Waals surface area contributed by atoms with Crippen LogP contribution in [0.5, 0.6) is 0 Å². The molecule has 1 aromatic heterocycles. The molecule has 4 heteroatoms. The number of furan rings is 1. The molecule has 0 unspecified atom stereocenters. The topological polar surface area (TPSA) is 62.8 Å². The lowest BCUT2D eigenvalue weighted by Gasteiger charge is -1.90. The molecule has 4 nitrogen and oxygen atoms in total. The van der Waals surface area contributed by atoms with Crippen molar-refractivity contribution in [1.29, 1.82) is 0 Å². The summed E-state index contributed by atoms with van der Waals surface area (Å²) in [5.41, 5.74) is 0.0138. The fourth-order valence-corrected chi connectivity index (χ4v) is 0.631. The fraction of sp³-hybridized carbons (Fsp3) is 0.143. The van der Waals surface area contributed by atoms with Gasteiger partial charge in [0.2, 0.25) is 5.78 Å². The van der Waals surface area contributed by atoms with Gasteiger partial charge in [0, 0.05) is 0 Å². The predicted octanol–water partition coefficient (Wildman–Crippen LogP) is 1.31. The molecule has 1 heterocycles. The zero-order valence-electron chi connectivity index (χ0n) is 5.94. The number of carbonyl (C=O) groups excluding carboxylic acids is 1. The highest BCUT2D eigenvalue weighted by atomic mass is 16.4. The third-order valence-corrected chi connectivity index (χ3v) is 1.22. The molecule has 1 N–H and O–H groups in total. The zero-order chi connectivity index (χ0) is 8.27. The molecule has 0 spiro atoms. The zero-order valence-corrected chi connectivity index (χ0v) is 5.94. The summed E-state index contributed by atoms with van der Waals surface area (Å²) < 4.78 is 4.78. The molecule has 0 fully saturated rings. The number of oxime groups is 1. The largest absolute Gasteiger partial charge is 0.461 e. The van der Waals surface area contributed by atoms with Crippen molar-refractivity contribution in [3.63, 3.8) is 0 Å². The van der Waals surface area contributed by atoms with E-state index in [1.165, 1.54) is 19.3 Å². The normalized spacial score (nSPS) is 11.5. The molecule has 0 atom stereocenters. The second kappa shape index (κ2) is 3.01. The van der Waals surface area contributed by atoms with Gasteiger partial charge in [-0.3, -0.25) is 4.79 Å². The summed E-state index contributed by atoms with van der Waals surface area (Å²) in [5, 5.41) is 11.0. The SMILES string of the molecule is CC(=NO)C(=O)c1ccco1. The number of carbonyl (C=O) groups is 1. The number of ketones is 1. The smallest absolute Gasteiger partial charge is 0.245 e. The van der Waals surface area contributed by atoms with E-state index in [1.54, 1.807) is 6.07 Å². The minimum atomic E-state index is -0.405. The van der Waals surface area contributed by atoms with Crippen molar-refractivity contribution in [3.05, 3.63) is 24.2 Å². The first-order valence-electron chi connectivity index (χ1n) is 3.02. The van der Waals surface area contributed by atoms with E-state index in [2.05, 4.69) is 5.16 Å². The van der Waals surface area contributed by atoms with Crippen LogP contribution in [-0.2, 0) is 0 Å².